The summed E-state index contributed by atoms with van der Waals surface area (Å²) in [5.74, 6) is 0.340. The third-order valence-electron chi connectivity index (χ3n) is 3.06. The van der Waals surface area contributed by atoms with E-state index < -0.39 is 0 Å². The molecule has 0 aromatic carbocycles. The number of aromatic nitrogens is 1. The molecular weight excluding hydrogens is 202 g/mol. The number of fused-ring (bicyclic) bond motifs is 1. The number of carbonyl (C=O) groups is 1. The molecule has 16 heavy (non-hydrogen) atoms. The molecule has 86 valence electrons. The first-order valence-corrected chi connectivity index (χ1v) is 5.52. The van der Waals surface area contributed by atoms with Crippen molar-refractivity contribution in [3.8, 4) is 0 Å². The van der Waals surface area contributed by atoms with Crippen molar-refractivity contribution in [3.63, 3.8) is 0 Å². The highest BCUT2D eigenvalue weighted by atomic mass is 16.1. The second-order valence-electron chi connectivity index (χ2n) is 4.58. The zero-order valence-electron chi connectivity index (χ0n) is 9.95. The van der Waals surface area contributed by atoms with E-state index in [0.29, 0.717) is 17.4 Å². The highest BCUT2D eigenvalue weighted by molar-refractivity contribution is 5.98. The van der Waals surface area contributed by atoms with E-state index in [1.54, 1.807) is 0 Å². The third-order valence-corrected chi connectivity index (χ3v) is 3.06. The Balaban J connectivity index is 2.37. The van der Waals surface area contributed by atoms with Crippen LogP contribution in [0.1, 0.15) is 42.4 Å². The molecule has 2 rings (SSSR count). The van der Waals surface area contributed by atoms with Crippen molar-refractivity contribution in [1.82, 2.24) is 9.88 Å². The van der Waals surface area contributed by atoms with Crippen LogP contribution in [0.2, 0.25) is 0 Å². The lowest BCUT2D eigenvalue weighted by Crippen LogP contribution is -2.24. The summed E-state index contributed by atoms with van der Waals surface area (Å²) in [6, 6.07) is 2.37. The summed E-state index contributed by atoms with van der Waals surface area (Å²) < 4.78 is 0. The number of hydrogen-bond acceptors (Lipinski definition) is 4. The summed E-state index contributed by atoms with van der Waals surface area (Å²) in [6.07, 6.45) is 0. The quantitative estimate of drug-likeness (QED) is 0.767. The highest BCUT2D eigenvalue weighted by Crippen LogP contribution is 2.26. The van der Waals surface area contributed by atoms with Crippen LogP contribution in [0.25, 0.3) is 0 Å². The Kier molecular flexibility index (Phi) is 2.68. The van der Waals surface area contributed by atoms with Gasteiger partial charge in [-0.1, -0.05) is 0 Å². The van der Waals surface area contributed by atoms with Crippen molar-refractivity contribution >= 4 is 11.6 Å². The molecule has 2 N–H and O–H groups in total. The number of nitrogens with zero attached hydrogens (tertiary/aromatic N) is 2. The number of hydrogen-bond donors (Lipinski definition) is 1. The Hall–Kier alpha value is -1.42. The molecule has 0 radical (unpaired) electrons. The van der Waals surface area contributed by atoms with Gasteiger partial charge < -0.3 is 5.73 Å². The molecule has 1 aromatic heterocycles. The fourth-order valence-corrected chi connectivity index (χ4v) is 2.00. The van der Waals surface area contributed by atoms with Gasteiger partial charge in [-0.2, -0.15) is 0 Å². The van der Waals surface area contributed by atoms with E-state index in [-0.39, 0.29) is 5.78 Å². The van der Waals surface area contributed by atoms with Crippen molar-refractivity contribution in [2.45, 2.75) is 39.9 Å². The second-order valence-corrected chi connectivity index (χ2v) is 4.58. The van der Waals surface area contributed by atoms with Crippen molar-refractivity contribution in [3.05, 3.63) is 22.9 Å². The van der Waals surface area contributed by atoms with E-state index >= 15 is 0 Å². The van der Waals surface area contributed by atoms with Crippen molar-refractivity contribution in [2.24, 2.45) is 0 Å². The monoisotopic (exact) mass is 219 g/mol. The lowest BCUT2D eigenvalue weighted by atomic mass is 10.1. The second kappa shape index (κ2) is 3.87. The molecule has 0 atom stereocenters. The van der Waals surface area contributed by atoms with Crippen LogP contribution >= 0.6 is 0 Å². The first-order valence-electron chi connectivity index (χ1n) is 5.52. The molecular formula is C12H17N3O. The number of Topliss-reactive ketones (excluding diaryl/α,β-unsaturated/α-hetero) is 1. The number of pyridine rings is 1. The molecule has 0 spiro atoms. The van der Waals surface area contributed by atoms with E-state index in [4.69, 9.17) is 5.73 Å². The topological polar surface area (TPSA) is 59.2 Å². The normalized spacial score (nSPS) is 15.5. The van der Waals surface area contributed by atoms with Gasteiger partial charge in [-0.15, -0.1) is 0 Å². The van der Waals surface area contributed by atoms with Gasteiger partial charge in [-0.3, -0.25) is 9.69 Å². The van der Waals surface area contributed by atoms with Gasteiger partial charge in [0.25, 0.3) is 0 Å². The smallest absolute Gasteiger partial charge is 0.163 e. The van der Waals surface area contributed by atoms with E-state index in [1.165, 1.54) is 6.92 Å². The standard InChI is InChI=1S/C12H17N3O/c1-7(2)15-5-9-4-10(8(3)16)12(13)14-11(9)6-15/h4,7H,5-6H2,1-3H3,(H2,13,14). The molecule has 1 aromatic rings. The molecule has 0 aliphatic carbocycles. The van der Waals surface area contributed by atoms with Gasteiger partial charge in [0.1, 0.15) is 5.82 Å². The van der Waals surface area contributed by atoms with Crippen LogP contribution in [0.5, 0.6) is 0 Å². The largest absolute Gasteiger partial charge is 0.383 e. The Morgan fingerprint density at radius 3 is 2.75 bits per heavy atom. The maximum absolute atomic E-state index is 11.3. The van der Waals surface area contributed by atoms with Gasteiger partial charge >= 0.3 is 0 Å². The summed E-state index contributed by atoms with van der Waals surface area (Å²) in [5.41, 5.74) is 8.45. The van der Waals surface area contributed by atoms with Crippen LogP contribution in [0.4, 0.5) is 5.82 Å². The van der Waals surface area contributed by atoms with Gasteiger partial charge in [-0.25, -0.2) is 4.98 Å². The van der Waals surface area contributed by atoms with Gasteiger partial charge in [0, 0.05) is 19.1 Å². The molecule has 0 bridgehead atoms. The fourth-order valence-electron chi connectivity index (χ4n) is 2.00. The van der Waals surface area contributed by atoms with Crippen LogP contribution in [-0.4, -0.2) is 21.7 Å². The predicted octanol–water partition coefficient (Wildman–Crippen LogP) is 1.59. The highest BCUT2D eigenvalue weighted by Gasteiger charge is 2.24. The Bertz CT molecular complexity index is 440. The molecule has 4 nitrogen and oxygen atoms in total. The van der Waals surface area contributed by atoms with Gasteiger partial charge in [0.2, 0.25) is 0 Å². The summed E-state index contributed by atoms with van der Waals surface area (Å²) in [5, 5.41) is 0. The summed E-state index contributed by atoms with van der Waals surface area (Å²) in [6.45, 7) is 7.52. The van der Waals surface area contributed by atoms with Crippen LogP contribution in [0.3, 0.4) is 0 Å². The number of rotatable bonds is 2. The Morgan fingerprint density at radius 2 is 2.19 bits per heavy atom. The van der Waals surface area contributed by atoms with E-state index in [9.17, 15) is 4.79 Å². The molecule has 4 heteroatoms. The van der Waals surface area contributed by atoms with Crippen LogP contribution in [0.15, 0.2) is 6.07 Å². The van der Waals surface area contributed by atoms with Gasteiger partial charge in [0.05, 0.1) is 11.3 Å². The summed E-state index contributed by atoms with van der Waals surface area (Å²) in [4.78, 5) is 18.0. The van der Waals surface area contributed by atoms with Crippen molar-refractivity contribution < 1.29 is 4.79 Å². The number of nitrogen functional groups attached to an aromatic ring is 1. The summed E-state index contributed by atoms with van der Waals surface area (Å²) >= 11 is 0. The maximum Gasteiger partial charge on any atom is 0.163 e. The lowest BCUT2D eigenvalue weighted by Gasteiger charge is -2.18. The SMILES string of the molecule is CC(=O)c1cc2c(nc1N)CN(C(C)C)C2. The predicted molar refractivity (Wildman–Crippen MR) is 63.0 cm³/mol. The van der Waals surface area contributed by atoms with Crippen LogP contribution in [-0.2, 0) is 13.1 Å². The Labute approximate surface area is 95.5 Å². The lowest BCUT2D eigenvalue weighted by molar-refractivity contribution is 0.101. The number of ketones is 1. The zero-order chi connectivity index (χ0) is 11.9. The van der Waals surface area contributed by atoms with Gasteiger partial charge in [0.15, 0.2) is 5.78 Å². The minimum absolute atomic E-state index is 0.0178. The number of nitrogens with two attached hydrogens (primary N) is 1. The number of carbonyl (C=O) groups excluding carboxylic acids is 1. The molecule has 1 aliphatic heterocycles. The Morgan fingerprint density at radius 1 is 1.50 bits per heavy atom. The molecule has 0 fully saturated rings. The van der Waals surface area contributed by atoms with Gasteiger partial charge in [-0.05, 0) is 32.4 Å². The summed E-state index contributed by atoms with van der Waals surface area (Å²) in [7, 11) is 0. The van der Waals surface area contributed by atoms with E-state index in [0.717, 1.165) is 24.3 Å². The maximum atomic E-state index is 11.3. The average Bonchev–Trinajstić information content (AvgIpc) is 2.58. The molecule has 0 saturated heterocycles. The third kappa shape index (κ3) is 1.80. The zero-order valence-corrected chi connectivity index (χ0v) is 9.95. The van der Waals surface area contributed by atoms with E-state index in [2.05, 4.69) is 23.7 Å². The molecule has 0 amide bonds. The molecule has 2 heterocycles. The first-order chi connectivity index (χ1) is 7.49. The van der Waals surface area contributed by atoms with Crippen molar-refractivity contribution in [1.29, 1.82) is 0 Å². The molecule has 1 aliphatic rings. The first kappa shape index (κ1) is 11.1. The van der Waals surface area contributed by atoms with Crippen LogP contribution in [0, 0.1) is 0 Å². The minimum Gasteiger partial charge on any atom is -0.383 e. The average molecular weight is 219 g/mol. The number of anilines is 1. The van der Waals surface area contributed by atoms with Crippen LogP contribution < -0.4 is 5.73 Å². The molecule has 0 unspecified atom stereocenters. The molecule has 0 saturated carbocycles. The van der Waals surface area contributed by atoms with Crippen molar-refractivity contribution in [2.75, 3.05) is 5.73 Å². The minimum atomic E-state index is -0.0178. The van der Waals surface area contributed by atoms with E-state index in [1.807, 2.05) is 6.07 Å². The fraction of sp³-hybridized carbons (Fsp3) is 0.500.